The van der Waals surface area contributed by atoms with Gasteiger partial charge in [-0.2, -0.15) is 0 Å². The number of thioether (sulfide) groups is 1. The van der Waals surface area contributed by atoms with E-state index in [1.54, 1.807) is 11.8 Å². The lowest BCUT2D eigenvalue weighted by atomic mass is 10.3. The second kappa shape index (κ2) is 5.78. The van der Waals surface area contributed by atoms with Crippen molar-refractivity contribution >= 4 is 17.7 Å². The van der Waals surface area contributed by atoms with Gasteiger partial charge >= 0.3 is 0 Å². The number of rotatable bonds is 5. The zero-order chi connectivity index (χ0) is 13.0. The van der Waals surface area contributed by atoms with Gasteiger partial charge < -0.3 is 5.32 Å². The Bertz CT molecular complexity index is 546. The number of hydrogen-bond acceptors (Lipinski definition) is 3. The van der Waals surface area contributed by atoms with Crippen molar-refractivity contribution in [3.05, 3.63) is 48.8 Å². The van der Waals surface area contributed by atoms with Crippen LogP contribution in [0.15, 0.2) is 48.0 Å². The molecule has 0 unspecified atom stereocenters. The molecule has 94 valence electrons. The minimum Gasteiger partial charge on any atom is -0.352 e. The average Bonchev–Trinajstić information content (AvgIpc) is 2.77. The molecule has 0 bridgehead atoms. The number of nitrogens with zero attached hydrogens (tertiary/aromatic N) is 2. The Morgan fingerprint density at radius 2 is 2.33 bits per heavy atom. The molecule has 0 saturated carbocycles. The van der Waals surface area contributed by atoms with Crippen molar-refractivity contribution in [2.75, 3.05) is 18.1 Å². The Labute approximate surface area is 112 Å². The molecule has 1 aromatic heterocycles. The molecule has 18 heavy (non-hydrogen) atoms. The summed E-state index contributed by atoms with van der Waals surface area (Å²) in [7, 11) is 0. The van der Waals surface area contributed by atoms with Crippen LogP contribution in [0.3, 0.4) is 0 Å². The molecular formula is C14H17N3S. The quantitative estimate of drug-likeness (QED) is 0.658. The SMILES string of the molecule is C=CCNc1nc(C)cn1-c1cccc(SC)c1. The molecule has 0 fully saturated rings. The fourth-order valence-corrected chi connectivity index (χ4v) is 2.20. The molecule has 0 radical (unpaired) electrons. The van der Waals surface area contributed by atoms with Crippen molar-refractivity contribution in [2.45, 2.75) is 11.8 Å². The number of nitrogens with one attached hydrogen (secondary N) is 1. The van der Waals surface area contributed by atoms with E-state index in [0.29, 0.717) is 6.54 Å². The normalized spacial score (nSPS) is 10.3. The van der Waals surface area contributed by atoms with Crippen LogP contribution < -0.4 is 5.32 Å². The van der Waals surface area contributed by atoms with E-state index in [1.807, 2.05) is 19.2 Å². The van der Waals surface area contributed by atoms with E-state index in [9.17, 15) is 0 Å². The predicted molar refractivity (Wildman–Crippen MR) is 78.8 cm³/mol. The molecule has 1 aromatic carbocycles. The molecule has 0 amide bonds. The third kappa shape index (κ3) is 2.76. The maximum atomic E-state index is 4.48. The average molecular weight is 259 g/mol. The number of aromatic nitrogens is 2. The molecule has 2 aromatic rings. The van der Waals surface area contributed by atoms with E-state index in [4.69, 9.17) is 0 Å². The van der Waals surface area contributed by atoms with Gasteiger partial charge in [0.15, 0.2) is 0 Å². The second-order valence-electron chi connectivity index (χ2n) is 3.95. The van der Waals surface area contributed by atoms with Gasteiger partial charge in [0.1, 0.15) is 0 Å². The summed E-state index contributed by atoms with van der Waals surface area (Å²) in [5, 5.41) is 3.25. The summed E-state index contributed by atoms with van der Waals surface area (Å²) in [6, 6.07) is 8.41. The Morgan fingerprint density at radius 1 is 1.50 bits per heavy atom. The van der Waals surface area contributed by atoms with Crippen molar-refractivity contribution in [1.82, 2.24) is 9.55 Å². The largest absolute Gasteiger partial charge is 0.352 e. The van der Waals surface area contributed by atoms with Gasteiger partial charge in [0.25, 0.3) is 0 Å². The molecule has 1 N–H and O–H groups in total. The molecule has 3 nitrogen and oxygen atoms in total. The zero-order valence-electron chi connectivity index (χ0n) is 10.7. The van der Waals surface area contributed by atoms with Crippen molar-refractivity contribution in [1.29, 1.82) is 0 Å². The number of anilines is 1. The highest BCUT2D eigenvalue weighted by Crippen LogP contribution is 2.21. The smallest absolute Gasteiger partial charge is 0.207 e. The number of benzene rings is 1. The fraction of sp³-hybridized carbons (Fsp3) is 0.214. The van der Waals surface area contributed by atoms with E-state index < -0.39 is 0 Å². The van der Waals surface area contributed by atoms with Crippen LogP contribution in [-0.4, -0.2) is 22.4 Å². The highest BCUT2D eigenvalue weighted by Gasteiger charge is 2.06. The van der Waals surface area contributed by atoms with Gasteiger partial charge in [-0.15, -0.1) is 18.3 Å². The lowest BCUT2D eigenvalue weighted by Gasteiger charge is -2.09. The summed E-state index contributed by atoms with van der Waals surface area (Å²) in [6.45, 7) is 6.41. The van der Waals surface area contributed by atoms with Crippen LogP contribution in [0, 0.1) is 6.92 Å². The molecule has 0 aliphatic rings. The van der Waals surface area contributed by atoms with Crippen LogP contribution in [0.1, 0.15) is 5.69 Å². The van der Waals surface area contributed by atoms with E-state index in [2.05, 4.69) is 52.0 Å². The molecule has 0 aliphatic heterocycles. The van der Waals surface area contributed by atoms with Crippen molar-refractivity contribution in [3.63, 3.8) is 0 Å². The van der Waals surface area contributed by atoms with Gasteiger partial charge in [-0.3, -0.25) is 4.57 Å². The first-order chi connectivity index (χ1) is 8.74. The zero-order valence-corrected chi connectivity index (χ0v) is 11.5. The van der Waals surface area contributed by atoms with Gasteiger partial charge in [0, 0.05) is 23.3 Å². The number of aryl methyl sites for hydroxylation is 1. The summed E-state index contributed by atoms with van der Waals surface area (Å²) in [5.74, 6) is 0.852. The number of hydrogen-bond donors (Lipinski definition) is 1. The van der Waals surface area contributed by atoms with E-state index in [1.165, 1.54) is 4.90 Å². The summed E-state index contributed by atoms with van der Waals surface area (Å²) in [6.07, 6.45) is 5.94. The van der Waals surface area contributed by atoms with Crippen molar-refractivity contribution < 1.29 is 0 Å². The monoisotopic (exact) mass is 259 g/mol. The van der Waals surface area contributed by atoms with Gasteiger partial charge in [-0.05, 0) is 31.4 Å². The molecular weight excluding hydrogens is 242 g/mol. The number of imidazole rings is 1. The Kier molecular flexibility index (Phi) is 4.10. The Balaban J connectivity index is 2.38. The van der Waals surface area contributed by atoms with Crippen LogP contribution in [-0.2, 0) is 0 Å². The first kappa shape index (κ1) is 12.8. The lowest BCUT2D eigenvalue weighted by Crippen LogP contribution is -2.05. The van der Waals surface area contributed by atoms with Gasteiger partial charge in [-0.25, -0.2) is 4.98 Å². The van der Waals surface area contributed by atoms with Crippen LogP contribution in [0.4, 0.5) is 5.95 Å². The minimum atomic E-state index is 0.707. The summed E-state index contributed by atoms with van der Waals surface area (Å²) in [4.78, 5) is 5.72. The maximum Gasteiger partial charge on any atom is 0.207 e. The van der Waals surface area contributed by atoms with Crippen LogP contribution in [0.2, 0.25) is 0 Å². The third-order valence-electron chi connectivity index (χ3n) is 2.56. The highest BCUT2D eigenvalue weighted by molar-refractivity contribution is 7.98. The molecule has 0 spiro atoms. The first-order valence-corrected chi connectivity index (χ1v) is 7.02. The van der Waals surface area contributed by atoms with E-state index in [-0.39, 0.29) is 0 Å². The fourth-order valence-electron chi connectivity index (χ4n) is 1.74. The van der Waals surface area contributed by atoms with Gasteiger partial charge in [-0.1, -0.05) is 12.1 Å². The molecule has 0 atom stereocenters. The topological polar surface area (TPSA) is 29.9 Å². The summed E-state index contributed by atoms with van der Waals surface area (Å²) >= 11 is 1.74. The van der Waals surface area contributed by atoms with Crippen LogP contribution >= 0.6 is 11.8 Å². The van der Waals surface area contributed by atoms with Crippen molar-refractivity contribution in [3.8, 4) is 5.69 Å². The molecule has 0 aliphatic carbocycles. The third-order valence-corrected chi connectivity index (χ3v) is 3.29. The van der Waals surface area contributed by atoms with Gasteiger partial charge in [0.2, 0.25) is 5.95 Å². The molecule has 4 heteroatoms. The Hall–Kier alpha value is -1.68. The molecule has 2 rings (SSSR count). The Morgan fingerprint density at radius 3 is 3.06 bits per heavy atom. The van der Waals surface area contributed by atoms with Crippen LogP contribution in [0.25, 0.3) is 5.69 Å². The standard InChI is InChI=1S/C14H17N3S/c1-4-8-15-14-16-11(2)10-17(14)12-6-5-7-13(9-12)18-3/h4-7,9-10H,1,8H2,2-3H3,(H,15,16). The predicted octanol–water partition coefficient (Wildman–Crippen LogP) is 3.50. The summed E-state index contributed by atoms with van der Waals surface area (Å²) in [5.41, 5.74) is 2.12. The summed E-state index contributed by atoms with van der Waals surface area (Å²) < 4.78 is 2.07. The first-order valence-electron chi connectivity index (χ1n) is 5.80. The highest BCUT2D eigenvalue weighted by atomic mass is 32.2. The second-order valence-corrected chi connectivity index (χ2v) is 4.83. The molecule has 0 saturated heterocycles. The maximum absolute atomic E-state index is 4.48. The van der Waals surface area contributed by atoms with Gasteiger partial charge in [0.05, 0.1) is 5.69 Å². The minimum absolute atomic E-state index is 0.707. The van der Waals surface area contributed by atoms with E-state index in [0.717, 1.165) is 17.3 Å². The van der Waals surface area contributed by atoms with Crippen LogP contribution in [0.5, 0.6) is 0 Å². The van der Waals surface area contributed by atoms with Crippen molar-refractivity contribution in [2.24, 2.45) is 0 Å². The molecule has 1 heterocycles. The lowest BCUT2D eigenvalue weighted by molar-refractivity contribution is 1.03. The van der Waals surface area contributed by atoms with E-state index >= 15 is 0 Å².